The third-order valence-corrected chi connectivity index (χ3v) is 6.98. The fraction of sp³-hybridized carbons (Fsp3) is 0.625. The minimum Gasteiger partial charge on any atom is -0.309 e. The Labute approximate surface area is 150 Å². The molecule has 1 aromatic carbocycles. The Morgan fingerprint density at radius 1 is 1.22 bits per heavy atom. The normalized spacial score (nSPS) is 25.2. The van der Waals surface area contributed by atoms with Gasteiger partial charge in [0.05, 0.1) is 5.02 Å². The molecule has 2 heterocycles. The van der Waals surface area contributed by atoms with Crippen LogP contribution in [0.5, 0.6) is 0 Å². The van der Waals surface area contributed by atoms with Gasteiger partial charge in [0.1, 0.15) is 4.90 Å². The van der Waals surface area contributed by atoms with E-state index in [1.807, 2.05) is 6.07 Å². The van der Waals surface area contributed by atoms with Gasteiger partial charge < -0.3 is 5.32 Å². The molecule has 0 amide bonds. The molecule has 1 aromatic rings. The highest BCUT2D eigenvalue weighted by molar-refractivity contribution is 7.89. The third-order valence-electron chi connectivity index (χ3n) is 4.66. The molecule has 1 N–H and O–H groups in total. The van der Waals surface area contributed by atoms with Crippen molar-refractivity contribution in [2.24, 2.45) is 0 Å². The Kier molecular flexibility index (Phi) is 6.01. The van der Waals surface area contributed by atoms with E-state index in [1.54, 1.807) is 16.4 Å². The van der Waals surface area contributed by atoms with Crippen molar-refractivity contribution in [3.63, 3.8) is 0 Å². The largest absolute Gasteiger partial charge is 0.309 e. The minimum absolute atomic E-state index is 0. The van der Waals surface area contributed by atoms with E-state index in [-0.39, 0.29) is 35.3 Å². The number of fused-ring (bicyclic) bond motifs is 2. The van der Waals surface area contributed by atoms with Crippen molar-refractivity contribution in [1.82, 2.24) is 9.62 Å². The van der Waals surface area contributed by atoms with Crippen LogP contribution in [0.1, 0.15) is 44.6 Å². The summed E-state index contributed by atoms with van der Waals surface area (Å²) in [6.07, 6.45) is 3.27. The zero-order chi connectivity index (χ0) is 15.9. The zero-order valence-electron chi connectivity index (χ0n) is 13.5. The van der Waals surface area contributed by atoms with Crippen molar-refractivity contribution in [1.29, 1.82) is 0 Å². The lowest BCUT2D eigenvalue weighted by atomic mass is 9.96. The maximum Gasteiger partial charge on any atom is 0.244 e. The molecule has 2 saturated heterocycles. The van der Waals surface area contributed by atoms with E-state index in [9.17, 15) is 8.42 Å². The van der Waals surface area contributed by atoms with E-state index in [0.29, 0.717) is 18.1 Å². The molecule has 2 fully saturated rings. The van der Waals surface area contributed by atoms with Crippen molar-refractivity contribution in [3.05, 3.63) is 28.8 Å². The number of piperidine rings is 1. The Bertz CT molecular complexity index is 652. The molecule has 4 nitrogen and oxygen atoms in total. The van der Waals surface area contributed by atoms with E-state index in [2.05, 4.69) is 19.2 Å². The van der Waals surface area contributed by atoms with Crippen LogP contribution in [-0.2, 0) is 10.0 Å². The highest BCUT2D eigenvalue weighted by Crippen LogP contribution is 2.31. The van der Waals surface area contributed by atoms with Gasteiger partial charge in [-0.15, -0.1) is 12.4 Å². The summed E-state index contributed by atoms with van der Waals surface area (Å²) in [5, 5.41) is 3.82. The Morgan fingerprint density at radius 2 is 1.83 bits per heavy atom. The number of halogens is 2. The van der Waals surface area contributed by atoms with Gasteiger partial charge in [-0.25, -0.2) is 8.42 Å². The maximum absolute atomic E-state index is 13.0. The molecule has 2 aliphatic heterocycles. The summed E-state index contributed by atoms with van der Waals surface area (Å²) >= 11 is 6.20. The summed E-state index contributed by atoms with van der Waals surface area (Å²) in [5.74, 6) is 0.272. The van der Waals surface area contributed by atoms with Crippen LogP contribution in [0.15, 0.2) is 23.1 Å². The molecule has 3 rings (SSSR count). The van der Waals surface area contributed by atoms with E-state index in [0.717, 1.165) is 18.4 Å². The van der Waals surface area contributed by atoms with Crippen LogP contribution < -0.4 is 5.32 Å². The van der Waals surface area contributed by atoms with Gasteiger partial charge in [0.25, 0.3) is 0 Å². The van der Waals surface area contributed by atoms with Crippen LogP contribution in [-0.4, -0.2) is 37.9 Å². The summed E-state index contributed by atoms with van der Waals surface area (Å²) in [6, 6.07) is 5.88. The molecule has 2 atom stereocenters. The van der Waals surface area contributed by atoms with Crippen LogP contribution in [0.25, 0.3) is 0 Å². The first kappa shape index (κ1) is 19.0. The Morgan fingerprint density at radius 3 is 2.39 bits per heavy atom. The Balaban J connectivity index is 0.00000192. The van der Waals surface area contributed by atoms with Crippen LogP contribution in [0.3, 0.4) is 0 Å². The summed E-state index contributed by atoms with van der Waals surface area (Å²) in [7, 11) is -3.53. The van der Waals surface area contributed by atoms with Gasteiger partial charge in [-0.2, -0.15) is 4.31 Å². The first-order valence-corrected chi connectivity index (χ1v) is 9.75. The van der Waals surface area contributed by atoms with Crippen molar-refractivity contribution >= 4 is 34.0 Å². The van der Waals surface area contributed by atoms with Gasteiger partial charge in [0.2, 0.25) is 10.0 Å². The summed E-state index contributed by atoms with van der Waals surface area (Å²) in [4.78, 5) is 0.250. The molecule has 2 unspecified atom stereocenters. The molecule has 2 bridgehead atoms. The lowest BCUT2D eigenvalue weighted by Crippen LogP contribution is -2.59. The number of benzene rings is 1. The van der Waals surface area contributed by atoms with Crippen LogP contribution in [0.4, 0.5) is 0 Å². The average molecular weight is 379 g/mol. The monoisotopic (exact) mass is 378 g/mol. The standard InChI is InChI=1S/C16H23ClN2O2S.ClH/c1-11(2)12-6-7-15(17)16(8-12)22(20,21)19-9-13-4-3-5-14(10-19)18-13;/h6-8,11,13-14,18H,3-5,9-10H2,1-2H3;1H. The Hall–Kier alpha value is -0.330. The summed E-state index contributed by atoms with van der Waals surface area (Å²) in [5.41, 5.74) is 0.998. The quantitative estimate of drug-likeness (QED) is 0.876. The molecule has 2 aliphatic rings. The molecule has 0 radical (unpaired) electrons. The number of sulfonamides is 1. The molecule has 0 spiro atoms. The third kappa shape index (κ3) is 3.85. The van der Waals surface area contributed by atoms with E-state index in [4.69, 9.17) is 11.6 Å². The van der Waals surface area contributed by atoms with Gasteiger partial charge in [-0.1, -0.05) is 37.9 Å². The second-order valence-corrected chi connectivity index (χ2v) is 8.97. The van der Waals surface area contributed by atoms with Gasteiger partial charge in [0.15, 0.2) is 0 Å². The number of hydrogen-bond donors (Lipinski definition) is 1. The van der Waals surface area contributed by atoms with Gasteiger partial charge in [-0.3, -0.25) is 0 Å². The number of nitrogens with zero attached hydrogens (tertiary/aromatic N) is 1. The second-order valence-electron chi connectivity index (χ2n) is 6.66. The minimum atomic E-state index is -3.53. The highest BCUT2D eigenvalue weighted by atomic mass is 35.5. The SMILES string of the molecule is CC(C)c1ccc(Cl)c(S(=O)(=O)N2CC3CCCC(C2)N3)c1.Cl. The lowest BCUT2D eigenvalue weighted by Gasteiger charge is -2.41. The predicted molar refractivity (Wildman–Crippen MR) is 96.1 cm³/mol. The molecule has 130 valence electrons. The summed E-state index contributed by atoms with van der Waals surface area (Å²) < 4.78 is 27.7. The maximum atomic E-state index is 13.0. The van der Waals surface area contributed by atoms with Crippen molar-refractivity contribution in [2.45, 2.75) is 56.0 Å². The number of nitrogens with one attached hydrogen (secondary N) is 1. The number of rotatable bonds is 3. The molecule has 0 aromatic heterocycles. The average Bonchev–Trinajstić information content (AvgIpc) is 2.46. The number of hydrogen-bond acceptors (Lipinski definition) is 3. The molecule has 23 heavy (non-hydrogen) atoms. The molecular formula is C16H24Cl2N2O2S. The smallest absolute Gasteiger partial charge is 0.244 e. The van der Waals surface area contributed by atoms with E-state index in [1.165, 1.54) is 6.42 Å². The molecule has 0 saturated carbocycles. The lowest BCUT2D eigenvalue weighted by molar-refractivity contribution is 0.190. The van der Waals surface area contributed by atoms with Gasteiger partial charge >= 0.3 is 0 Å². The van der Waals surface area contributed by atoms with Crippen LogP contribution >= 0.6 is 24.0 Å². The van der Waals surface area contributed by atoms with Crippen LogP contribution in [0, 0.1) is 0 Å². The molecule has 7 heteroatoms. The first-order chi connectivity index (χ1) is 10.4. The van der Waals surface area contributed by atoms with Crippen molar-refractivity contribution in [2.75, 3.05) is 13.1 Å². The van der Waals surface area contributed by atoms with Crippen molar-refractivity contribution in [3.8, 4) is 0 Å². The number of piperazine rings is 1. The van der Waals surface area contributed by atoms with Crippen molar-refractivity contribution < 1.29 is 8.42 Å². The van der Waals surface area contributed by atoms with Gasteiger partial charge in [-0.05, 0) is 36.5 Å². The fourth-order valence-corrected chi connectivity index (χ4v) is 5.42. The van der Waals surface area contributed by atoms with Crippen LogP contribution in [0.2, 0.25) is 5.02 Å². The van der Waals surface area contributed by atoms with E-state index >= 15 is 0 Å². The van der Waals surface area contributed by atoms with Gasteiger partial charge in [0, 0.05) is 25.2 Å². The van der Waals surface area contributed by atoms with E-state index < -0.39 is 10.0 Å². The first-order valence-electron chi connectivity index (χ1n) is 7.93. The molecular weight excluding hydrogens is 355 g/mol. The predicted octanol–water partition coefficient (Wildman–Crippen LogP) is 3.40. The topological polar surface area (TPSA) is 49.4 Å². The summed E-state index contributed by atoms with van der Waals surface area (Å²) in [6.45, 7) is 5.19. The highest BCUT2D eigenvalue weighted by Gasteiger charge is 2.37. The molecule has 0 aliphatic carbocycles. The fourth-order valence-electron chi connectivity index (χ4n) is 3.38. The second kappa shape index (κ2) is 7.28. The zero-order valence-corrected chi connectivity index (χ0v) is 15.8.